The lowest BCUT2D eigenvalue weighted by atomic mass is 9.74. The Morgan fingerprint density at radius 3 is 1.66 bits per heavy atom. The van der Waals surface area contributed by atoms with E-state index in [1.54, 1.807) is 0 Å². The van der Waals surface area contributed by atoms with Gasteiger partial charge in [-0.2, -0.15) is 0 Å². The molecule has 3 fully saturated rings. The van der Waals surface area contributed by atoms with Gasteiger partial charge in [0, 0.05) is 47.8 Å². The topological polar surface area (TPSA) is 85.9 Å². The molecule has 2 saturated heterocycles. The molecule has 1 aliphatic carbocycles. The van der Waals surface area contributed by atoms with Gasteiger partial charge >= 0.3 is 11.9 Å². The van der Waals surface area contributed by atoms with Gasteiger partial charge in [-0.05, 0) is 105 Å². The maximum Gasteiger partial charge on any atom is 0.373 e. The van der Waals surface area contributed by atoms with E-state index >= 15 is 0 Å². The van der Waals surface area contributed by atoms with Crippen LogP contribution in [0.1, 0.15) is 113 Å². The van der Waals surface area contributed by atoms with Gasteiger partial charge in [-0.25, -0.2) is 4.79 Å². The summed E-state index contributed by atoms with van der Waals surface area (Å²) in [4.78, 5) is 25.8. The molecule has 216 valence electrons. The molecule has 0 aromatic rings. The van der Waals surface area contributed by atoms with Crippen molar-refractivity contribution < 1.29 is 23.8 Å². The molecular formula is C31H52N2O5. The van der Waals surface area contributed by atoms with Crippen molar-refractivity contribution >= 4 is 11.9 Å². The molecule has 0 bridgehead atoms. The molecule has 3 heterocycles. The summed E-state index contributed by atoms with van der Waals surface area (Å²) >= 11 is 0. The second kappa shape index (κ2) is 10.8. The summed E-state index contributed by atoms with van der Waals surface area (Å²) in [7, 11) is 0. The van der Waals surface area contributed by atoms with Crippen LogP contribution in [0.25, 0.3) is 0 Å². The van der Waals surface area contributed by atoms with Crippen LogP contribution in [0.15, 0.2) is 11.8 Å². The number of rotatable bonds is 5. The lowest BCUT2D eigenvalue weighted by Gasteiger charge is -2.46. The number of ether oxygens (including phenoxy) is 3. The minimum atomic E-state index is -0.335. The number of carbonyl (C=O) groups is 2. The third kappa shape index (κ3) is 7.74. The molecule has 7 nitrogen and oxygen atoms in total. The monoisotopic (exact) mass is 532 g/mol. The standard InChI is InChI=1S/C31H52N2O5/c1-28(2)15-23(16-29(3,4)32-28)37-26(34)21-11-9-20(10-12-21)22-13-14-25(36-19-22)27(35)38-24-17-30(5,6)33-31(7,8)18-24/h14,20-24,32-33H,9-13,15-19H2,1-8H3. The Morgan fingerprint density at radius 1 is 0.737 bits per heavy atom. The maximum absolute atomic E-state index is 13.0. The third-order valence-electron chi connectivity index (χ3n) is 8.89. The van der Waals surface area contributed by atoms with E-state index in [1.807, 2.05) is 6.08 Å². The Labute approximate surface area is 230 Å². The lowest BCUT2D eigenvalue weighted by Crippen LogP contribution is -2.59. The number of carbonyl (C=O) groups excluding carboxylic acids is 2. The number of hydrogen-bond donors (Lipinski definition) is 2. The van der Waals surface area contributed by atoms with Crippen molar-refractivity contribution in [1.29, 1.82) is 0 Å². The van der Waals surface area contributed by atoms with Gasteiger partial charge in [-0.1, -0.05) is 0 Å². The molecule has 1 saturated carbocycles. The van der Waals surface area contributed by atoms with Crippen LogP contribution in [0.3, 0.4) is 0 Å². The summed E-state index contributed by atoms with van der Waals surface area (Å²) in [6.45, 7) is 17.9. The van der Waals surface area contributed by atoms with E-state index in [1.165, 1.54) is 0 Å². The molecule has 3 aliphatic heterocycles. The maximum atomic E-state index is 13.0. The van der Waals surface area contributed by atoms with Crippen LogP contribution in [-0.4, -0.2) is 52.9 Å². The zero-order valence-corrected chi connectivity index (χ0v) is 25.1. The summed E-state index contributed by atoms with van der Waals surface area (Å²) in [6.07, 6.45) is 9.64. The zero-order valence-electron chi connectivity index (χ0n) is 25.1. The van der Waals surface area contributed by atoms with E-state index < -0.39 is 0 Å². The average Bonchev–Trinajstić information content (AvgIpc) is 2.75. The summed E-state index contributed by atoms with van der Waals surface area (Å²) in [6, 6.07) is 0. The first-order valence-corrected chi connectivity index (χ1v) is 14.8. The fraction of sp³-hybridized carbons (Fsp3) is 0.871. The van der Waals surface area contributed by atoms with E-state index in [4.69, 9.17) is 14.2 Å². The van der Waals surface area contributed by atoms with E-state index in [-0.39, 0.29) is 52.2 Å². The summed E-state index contributed by atoms with van der Waals surface area (Å²) < 4.78 is 17.9. The first kappa shape index (κ1) is 29.4. The Balaban J connectivity index is 1.22. The zero-order chi connectivity index (χ0) is 27.9. The molecule has 0 aromatic carbocycles. The van der Waals surface area contributed by atoms with Crippen LogP contribution >= 0.6 is 0 Å². The van der Waals surface area contributed by atoms with Gasteiger partial charge in [0.05, 0.1) is 12.5 Å². The fourth-order valence-electron chi connectivity index (χ4n) is 7.97. The van der Waals surface area contributed by atoms with E-state index in [9.17, 15) is 9.59 Å². The molecule has 0 radical (unpaired) electrons. The quantitative estimate of drug-likeness (QED) is 0.458. The van der Waals surface area contributed by atoms with Crippen molar-refractivity contribution in [2.24, 2.45) is 17.8 Å². The molecule has 1 atom stereocenters. The predicted octanol–water partition coefficient (Wildman–Crippen LogP) is 5.42. The first-order chi connectivity index (χ1) is 17.5. The highest BCUT2D eigenvalue weighted by atomic mass is 16.6. The predicted molar refractivity (Wildman–Crippen MR) is 148 cm³/mol. The summed E-state index contributed by atoms with van der Waals surface area (Å²) in [5.41, 5.74) is -0.229. The van der Waals surface area contributed by atoms with E-state index in [0.717, 1.165) is 57.8 Å². The van der Waals surface area contributed by atoms with Crippen LogP contribution in [0, 0.1) is 17.8 Å². The van der Waals surface area contributed by atoms with Crippen LogP contribution in [0.4, 0.5) is 0 Å². The highest BCUT2D eigenvalue weighted by Gasteiger charge is 2.42. The first-order valence-electron chi connectivity index (χ1n) is 14.8. The Morgan fingerprint density at radius 2 is 1.21 bits per heavy atom. The number of esters is 2. The molecule has 0 spiro atoms. The second-order valence-electron chi connectivity index (χ2n) is 15.2. The molecule has 0 amide bonds. The van der Waals surface area contributed by atoms with Gasteiger partial charge in [0.25, 0.3) is 0 Å². The van der Waals surface area contributed by atoms with Crippen LogP contribution < -0.4 is 10.6 Å². The van der Waals surface area contributed by atoms with Gasteiger partial charge in [0.2, 0.25) is 5.76 Å². The fourth-order valence-corrected chi connectivity index (χ4v) is 7.97. The summed E-state index contributed by atoms with van der Waals surface area (Å²) in [5.74, 6) is 0.896. The highest BCUT2D eigenvalue weighted by Crippen LogP contribution is 2.39. The normalized spacial score (nSPS) is 32.9. The van der Waals surface area contributed by atoms with Crippen molar-refractivity contribution in [1.82, 2.24) is 10.6 Å². The van der Waals surface area contributed by atoms with Crippen molar-refractivity contribution in [2.75, 3.05) is 6.61 Å². The largest absolute Gasteiger partial charge is 0.486 e. The van der Waals surface area contributed by atoms with Crippen molar-refractivity contribution in [3.05, 3.63) is 11.8 Å². The molecule has 0 aromatic heterocycles. The molecule has 38 heavy (non-hydrogen) atoms. The minimum Gasteiger partial charge on any atom is -0.486 e. The van der Waals surface area contributed by atoms with Crippen molar-refractivity contribution in [2.45, 2.75) is 148 Å². The second-order valence-corrected chi connectivity index (χ2v) is 15.2. The Bertz CT molecular complexity index is 881. The molecular weight excluding hydrogens is 480 g/mol. The molecule has 7 heteroatoms. The molecule has 4 aliphatic rings. The smallest absolute Gasteiger partial charge is 0.373 e. The van der Waals surface area contributed by atoms with Gasteiger partial charge < -0.3 is 24.8 Å². The lowest BCUT2D eigenvalue weighted by molar-refractivity contribution is -0.160. The van der Waals surface area contributed by atoms with Crippen LogP contribution in [0.5, 0.6) is 0 Å². The SMILES string of the molecule is CC1(C)CC(OC(=O)C2=CCC(C3CCC(C(=O)OC4CC(C)(C)NC(C)(C)C4)CC3)CO2)CC(C)(C)N1. The number of hydrogen-bond acceptors (Lipinski definition) is 7. The van der Waals surface area contributed by atoms with E-state index in [0.29, 0.717) is 24.2 Å². The number of nitrogens with one attached hydrogen (secondary N) is 2. The van der Waals surface area contributed by atoms with Crippen molar-refractivity contribution in [3.63, 3.8) is 0 Å². The van der Waals surface area contributed by atoms with Crippen LogP contribution in [-0.2, 0) is 23.8 Å². The van der Waals surface area contributed by atoms with Gasteiger partial charge in [-0.15, -0.1) is 0 Å². The number of piperidine rings is 2. The van der Waals surface area contributed by atoms with Gasteiger partial charge in [0.1, 0.15) is 12.2 Å². The third-order valence-corrected chi connectivity index (χ3v) is 8.89. The van der Waals surface area contributed by atoms with E-state index in [2.05, 4.69) is 66.0 Å². The molecule has 2 N–H and O–H groups in total. The minimum absolute atomic E-state index is 0.00330. The highest BCUT2D eigenvalue weighted by molar-refractivity contribution is 5.86. The van der Waals surface area contributed by atoms with Crippen molar-refractivity contribution in [3.8, 4) is 0 Å². The Kier molecular flexibility index (Phi) is 8.32. The van der Waals surface area contributed by atoms with Gasteiger partial charge in [0.15, 0.2) is 0 Å². The number of allylic oxidation sites excluding steroid dienone is 1. The molecule has 4 rings (SSSR count). The Hall–Kier alpha value is -1.60. The molecule has 1 unspecified atom stereocenters. The van der Waals surface area contributed by atoms with Crippen LogP contribution in [0.2, 0.25) is 0 Å². The summed E-state index contributed by atoms with van der Waals surface area (Å²) in [5, 5.41) is 7.28. The van der Waals surface area contributed by atoms with Gasteiger partial charge in [-0.3, -0.25) is 4.79 Å². The average molecular weight is 533 g/mol.